The summed E-state index contributed by atoms with van der Waals surface area (Å²) in [6.07, 6.45) is 9.59. The number of nitrogens with zero attached hydrogens (tertiary/aromatic N) is 3. The Morgan fingerprint density at radius 1 is 1.27 bits per heavy atom. The van der Waals surface area contributed by atoms with E-state index in [4.69, 9.17) is 16.9 Å². The van der Waals surface area contributed by atoms with Crippen LogP contribution in [-0.4, -0.2) is 40.4 Å². The first-order chi connectivity index (χ1) is 16.0. The van der Waals surface area contributed by atoms with Gasteiger partial charge in [0.05, 0.1) is 11.9 Å². The van der Waals surface area contributed by atoms with Gasteiger partial charge in [-0.1, -0.05) is 12.5 Å². The Kier molecular flexibility index (Phi) is 6.83. The van der Waals surface area contributed by atoms with Gasteiger partial charge in [0.25, 0.3) is 5.91 Å². The van der Waals surface area contributed by atoms with Crippen LogP contribution >= 0.6 is 0 Å². The van der Waals surface area contributed by atoms with Crippen molar-refractivity contribution in [1.82, 2.24) is 9.97 Å². The van der Waals surface area contributed by atoms with Crippen molar-refractivity contribution in [3.05, 3.63) is 35.5 Å². The minimum absolute atomic E-state index is 0.194. The summed E-state index contributed by atoms with van der Waals surface area (Å²) in [5.74, 6) is 1.25. The highest BCUT2D eigenvalue weighted by atomic mass is 16.1. The monoisotopic (exact) mass is 449 g/mol. The number of anilines is 4. The van der Waals surface area contributed by atoms with E-state index in [0.717, 1.165) is 30.3 Å². The number of hydrazone groups is 1. The van der Waals surface area contributed by atoms with Crippen LogP contribution in [0.4, 0.5) is 23.1 Å². The van der Waals surface area contributed by atoms with Gasteiger partial charge in [0.2, 0.25) is 5.95 Å². The van der Waals surface area contributed by atoms with E-state index in [1.54, 1.807) is 0 Å². The van der Waals surface area contributed by atoms with E-state index in [-0.39, 0.29) is 17.6 Å². The van der Waals surface area contributed by atoms with Crippen molar-refractivity contribution >= 4 is 41.5 Å². The summed E-state index contributed by atoms with van der Waals surface area (Å²) in [6.45, 7) is 1.94. The van der Waals surface area contributed by atoms with Gasteiger partial charge < -0.3 is 27.5 Å². The lowest BCUT2D eigenvalue weighted by molar-refractivity contribution is 0.100. The molecule has 3 unspecified atom stereocenters. The first-order valence-corrected chi connectivity index (χ1v) is 11.3. The van der Waals surface area contributed by atoms with Crippen molar-refractivity contribution in [2.75, 3.05) is 16.1 Å². The molecule has 10 heteroatoms. The lowest BCUT2D eigenvalue weighted by atomic mass is 9.77. The van der Waals surface area contributed by atoms with Crippen LogP contribution in [0.15, 0.2) is 29.5 Å². The van der Waals surface area contributed by atoms with Crippen LogP contribution in [0.3, 0.4) is 0 Å². The molecule has 0 aliphatic heterocycles. The minimum atomic E-state index is -0.611. The van der Waals surface area contributed by atoms with E-state index in [9.17, 15) is 4.79 Å². The molecular formula is C23H31N9O. The van der Waals surface area contributed by atoms with Crippen LogP contribution in [0.1, 0.15) is 48.0 Å². The average Bonchev–Trinajstić information content (AvgIpc) is 3.20. The molecule has 0 spiro atoms. The Balaban J connectivity index is 1.56. The number of rotatable bonds is 8. The standard InChI is InChI=1S/C23H31N9O/c1-13-5-7-15(11-19(13)32-28-10-9-24)29-22-16(21(26)33)12-27-23(31-22)30-18-8-6-14-3-2-4-17(25)20(14)18/h5,7,9-12,14,17-18,20,24,32H,2-4,6,8,25H2,1H3,(H2,26,33)(H2,27,29,30,31)/b24-9?,28-10-/t14?,17-,18?,20?/m0/s1. The van der Waals surface area contributed by atoms with Gasteiger partial charge in [0.15, 0.2) is 0 Å². The SMILES string of the molecule is Cc1ccc(Nc2nc(NC3CCC4CCC[C@H](N)C43)ncc2C(N)=O)cc1N/N=C\C=N. The van der Waals surface area contributed by atoms with Gasteiger partial charge in [-0.3, -0.25) is 10.2 Å². The highest BCUT2D eigenvalue weighted by Crippen LogP contribution is 2.42. The van der Waals surface area contributed by atoms with Crippen LogP contribution in [0.25, 0.3) is 0 Å². The number of carbonyl (C=O) groups excluding carboxylic acids is 1. The summed E-state index contributed by atoms with van der Waals surface area (Å²) in [5, 5.41) is 17.7. The molecule has 0 saturated heterocycles. The highest BCUT2D eigenvalue weighted by molar-refractivity contribution is 6.14. The molecule has 0 bridgehead atoms. The summed E-state index contributed by atoms with van der Waals surface area (Å²) >= 11 is 0. The van der Waals surface area contributed by atoms with Gasteiger partial charge in [-0.25, -0.2) is 4.98 Å². The molecule has 0 radical (unpaired) electrons. The topological polar surface area (TPSA) is 167 Å². The molecule has 10 nitrogen and oxygen atoms in total. The predicted octanol–water partition coefficient (Wildman–Crippen LogP) is 2.99. The Morgan fingerprint density at radius 2 is 2.12 bits per heavy atom. The number of nitrogens with one attached hydrogen (secondary N) is 4. The first-order valence-electron chi connectivity index (χ1n) is 11.3. The van der Waals surface area contributed by atoms with Crippen molar-refractivity contribution in [1.29, 1.82) is 5.41 Å². The lowest BCUT2D eigenvalue weighted by Gasteiger charge is -2.35. The van der Waals surface area contributed by atoms with E-state index in [1.165, 1.54) is 31.7 Å². The van der Waals surface area contributed by atoms with Crippen LogP contribution in [-0.2, 0) is 0 Å². The quantitative estimate of drug-likeness (QED) is 0.266. The normalized spacial score (nSPS) is 24.3. The Labute approximate surface area is 193 Å². The van der Waals surface area contributed by atoms with Crippen molar-refractivity contribution in [3.63, 3.8) is 0 Å². The van der Waals surface area contributed by atoms with E-state index in [2.05, 4.69) is 31.1 Å². The third-order valence-electron chi connectivity index (χ3n) is 6.67. The van der Waals surface area contributed by atoms with Crippen LogP contribution < -0.4 is 27.5 Å². The van der Waals surface area contributed by atoms with Crippen LogP contribution in [0, 0.1) is 24.2 Å². The molecule has 174 valence electrons. The highest BCUT2D eigenvalue weighted by Gasteiger charge is 2.42. The zero-order valence-electron chi connectivity index (χ0n) is 18.7. The number of hydrogen-bond donors (Lipinski definition) is 6. The molecule has 2 fully saturated rings. The third kappa shape index (κ3) is 5.11. The van der Waals surface area contributed by atoms with Crippen LogP contribution in [0.5, 0.6) is 0 Å². The summed E-state index contributed by atoms with van der Waals surface area (Å²) in [5.41, 5.74) is 17.6. The number of primary amides is 1. The predicted molar refractivity (Wildman–Crippen MR) is 131 cm³/mol. The number of benzene rings is 1. The Hall–Kier alpha value is -3.53. The van der Waals surface area contributed by atoms with E-state index in [0.29, 0.717) is 29.3 Å². The molecule has 1 amide bonds. The van der Waals surface area contributed by atoms with Crippen molar-refractivity contribution in [2.24, 2.45) is 28.4 Å². The maximum atomic E-state index is 12.0. The van der Waals surface area contributed by atoms with E-state index < -0.39 is 5.91 Å². The van der Waals surface area contributed by atoms with Gasteiger partial charge in [-0.15, -0.1) is 0 Å². The largest absolute Gasteiger partial charge is 0.365 e. The summed E-state index contributed by atoms with van der Waals surface area (Å²) in [6, 6.07) is 6.06. The lowest BCUT2D eigenvalue weighted by Crippen LogP contribution is -2.44. The zero-order valence-corrected chi connectivity index (χ0v) is 18.7. The van der Waals surface area contributed by atoms with Gasteiger partial charge >= 0.3 is 0 Å². The fourth-order valence-electron chi connectivity index (χ4n) is 5.06. The molecule has 1 aromatic heterocycles. The number of carbonyl (C=O) groups is 1. The van der Waals surface area contributed by atoms with Gasteiger partial charge in [-0.2, -0.15) is 10.1 Å². The van der Waals surface area contributed by atoms with Gasteiger partial charge in [0.1, 0.15) is 11.4 Å². The Bertz CT molecular complexity index is 1050. The summed E-state index contributed by atoms with van der Waals surface area (Å²) in [7, 11) is 0. The molecular weight excluding hydrogens is 418 g/mol. The zero-order chi connectivity index (χ0) is 23.4. The van der Waals surface area contributed by atoms with E-state index in [1.807, 2.05) is 25.1 Å². The molecule has 4 atom stereocenters. The van der Waals surface area contributed by atoms with Gasteiger partial charge in [-0.05, 0) is 62.1 Å². The number of hydrogen-bond acceptors (Lipinski definition) is 9. The van der Waals surface area contributed by atoms with E-state index >= 15 is 0 Å². The second kappa shape index (κ2) is 9.95. The maximum absolute atomic E-state index is 12.0. The van der Waals surface area contributed by atoms with Crippen LogP contribution in [0.2, 0.25) is 0 Å². The Morgan fingerprint density at radius 3 is 2.91 bits per heavy atom. The van der Waals surface area contributed by atoms with Crippen molar-refractivity contribution in [3.8, 4) is 0 Å². The summed E-state index contributed by atoms with van der Waals surface area (Å²) < 4.78 is 0. The number of amides is 1. The minimum Gasteiger partial charge on any atom is -0.365 e. The molecule has 1 aromatic carbocycles. The number of fused-ring (bicyclic) bond motifs is 1. The van der Waals surface area contributed by atoms with Crippen molar-refractivity contribution < 1.29 is 4.79 Å². The first kappa shape index (κ1) is 22.7. The average molecular weight is 450 g/mol. The molecule has 2 saturated carbocycles. The second-order valence-corrected chi connectivity index (χ2v) is 8.79. The van der Waals surface area contributed by atoms with Crippen molar-refractivity contribution in [2.45, 2.75) is 51.1 Å². The fourth-order valence-corrected chi connectivity index (χ4v) is 5.06. The summed E-state index contributed by atoms with van der Waals surface area (Å²) in [4.78, 5) is 20.9. The molecule has 1 heterocycles. The molecule has 2 aliphatic rings. The fraction of sp³-hybridized carbons (Fsp3) is 0.435. The second-order valence-electron chi connectivity index (χ2n) is 8.79. The number of aromatic nitrogens is 2. The molecule has 33 heavy (non-hydrogen) atoms. The molecule has 2 aliphatic carbocycles. The molecule has 4 rings (SSSR count). The number of aryl methyl sites for hydroxylation is 1. The number of nitrogens with two attached hydrogens (primary N) is 2. The van der Waals surface area contributed by atoms with Gasteiger partial charge in [0, 0.05) is 30.2 Å². The smallest absolute Gasteiger partial charge is 0.254 e. The molecule has 8 N–H and O–H groups in total. The molecule has 2 aromatic rings. The maximum Gasteiger partial charge on any atom is 0.254 e. The third-order valence-corrected chi connectivity index (χ3v) is 6.67.